The first-order valence-electron chi connectivity index (χ1n) is 8.94. The second-order valence-corrected chi connectivity index (χ2v) is 7.38. The Morgan fingerprint density at radius 1 is 1.52 bits per heavy atom. The zero-order valence-corrected chi connectivity index (χ0v) is 16.9. The number of aliphatic hydroxyl groups is 1. The van der Waals surface area contributed by atoms with E-state index in [1.807, 2.05) is 0 Å². The number of nitrogens with zero attached hydrogens (tertiary/aromatic N) is 3. The van der Waals surface area contributed by atoms with Gasteiger partial charge < -0.3 is 23.7 Å². The molecule has 1 N–H and O–H groups in total. The molecule has 0 aliphatic carbocycles. The lowest BCUT2D eigenvalue weighted by Gasteiger charge is -2.30. The summed E-state index contributed by atoms with van der Waals surface area (Å²) < 4.78 is 34.9. The van der Waals surface area contributed by atoms with E-state index in [0.717, 1.165) is 3.57 Å². The second kappa shape index (κ2) is 7.69. The Balaban J connectivity index is 2.01. The van der Waals surface area contributed by atoms with Gasteiger partial charge in [-0.25, -0.2) is 9.97 Å². The van der Waals surface area contributed by atoms with Gasteiger partial charge in [-0.1, -0.05) is 25.2 Å². The normalized spacial score (nSPS) is 30.4. The summed E-state index contributed by atoms with van der Waals surface area (Å²) in [5.74, 6) is 0. The van der Waals surface area contributed by atoms with E-state index in [4.69, 9.17) is 28.3 Å². The highest BCUT2D eigenvalue weighted by molar-refractivity contribution is 14.1. The van der Waals surface area contributed by atoms with E-state index in [9.17, 15) is 5.11 Å². The predicted molar refractivity (Wildman–Crippen MR) is 107 cm³/mol. The van der Waals surface area contributed by atoms with Crippen molar-refractivity contribution >= 4 is 60.1 Å². The third-order valence-electron chi connectivity index (χ3n) is 4.20. The molecule has 1 aliphatic heterocycles. The third kappa shape index (κ3) is 3.44. The highest BCUT2D eigenvalue weighted by atomic mass is 127. The van der Waals surface area contributed by atoms with Gasteiger partial charge in [-0.15, -0.1) is 0 Å². The molecule has 2 aromatic heterocycles. The number of hydrogen-bond acceptors (Lipinski definition) is 6. The molecule has 0 aromatic carbocycles. The Hall–Kier alpha value is -0.390. The predicted octanol–water partition coefficient (Wildman–Crippen LogP) is 1.54. The Labute approximate surface area is 168 Å². The van der Waals surface area contributed by atoms with E-state index in [1.165, 1.54) is 6.33 Å². The van der Waals surface area contributed by atoms with E-state index in [0.29, 0.717) is 16.2 Å². The van der Waals surface area contributed by atoms with Crippen molar-refractivity contribution in [3.05, 3.63) is 21.2 Å². The van der Waals surface area contributed by atoms with Crippen LogP contribution in [0.2, 0.25) is 18.8 Å². The van der Waals surface area contributed by atoms with Crippen LogP contribution in [0.1, 0.15) is 13.2 Å². The maximum absolute atomic E-state index is 11.3. The van der Waals surface area contributed by atoms with Crippen molar-refractivity contribution in [2.75, 3.05) is 6.61 Å². The maximum atomic E-state index is 11.3. The molecular formula is C14H19B2ClIN3O4. The molecule has 134 valence electrons. The molecule has 3 rings (SSSR count). The average Bonchev–Trinajstić information content (AvgIpc) is 3.01. The van der Waals surface area contributed by atoms with Crippen molar-refractivity contribution in [1.29, 1.82) is 2.67 Å². The summed E-state index contributed by atoms with van der Waals surface area (Å²) in [5, 5.41) is 12.2. The van der Waals surface area contributed by atoms with Crippen molar-refractivity contribution in [3.8, 4) is 0 Å². The molecule has 2 aromatic rings. The molecule has 1 unspecified atom stereocenters. The highest BCUT2D eigenvalue weighted by Crippen LogP contribution is 2.42. The van der Waals surface area contributed by atoms with Gasteiger partial charge in [0.15, 0.2) is 6.23 Å². The zero-order chi connectivity index (χ0) is 19.9. The third-order valence-corrected chi connectivity index (χ3v) is 5.30. The fourth-order valence-electron chi connectivity index (χ4n) is 3.11. The van der Waals surface area contributed by atoms with Crippen LogP contribution in [-0.4, -0.2) is 61.6 Å². The summed E-state index contributed by atoms with van der Waals surface area (Å²) in [6.45, 7) is 4.81. The first-order chi connectivity index (χ1) is 12.6. The molecule has 4 atom stereocenters. The van der Waals surface area contributed by atoms with E-state index in [1.54, 1.807) is 31.3 Å². The fourth-order valence-corrected chi connectivity index (χ4v) is 4.30. The van der Waals surface area contributed by atoms with Crippen LogP contribution in [-0.2, 0) is 14.0 Å². The SMILES string of the molecule is [2H]B(C)OC[C@H]1OC(n2cc(I)c3c(Cl)ncnc32)[C@](C)(O)[C@@H]1OB([2H])C. The topological polar surface area (TPSA) is 78.6 Å². The minimum atomic E-state index is -1.47. The molecular weight excluding hydrogens is 458 g/mol. The minimum Gasteiger partial charge on any atom is -0.437 e. The smallest absolute Gasteiger partial charge is 0.272 e. The van der Waals surface area contributed by atoms with E-state index in [-0.39, 0.29) is 6.61 Å². The van der Waals surface area contributed by atoms with Gasteiger partial charge in [0.05, 0.1) is 12.0 Å². The van der Waals surface area contributed by atoms with E-state index < -0.39 is 38.9 Å². The van der Waals surface area contributed by atoms with Gasteiger partial charge in [0.2, 0.25) is 0 Å². The van der Waals surface area contributed by atoms with Crippen LogP contribution in [0, 0.1) is 3.57 Å². The Morgan fingerprint density at radius 3 is 2.96 bits per heavy atom. The maximum Gasteiger partial charge on any atom is 0.272 e. The Bertz CT molecular complexity index is 829. The summed E-state index contributed by atoms with van der Waals surface area (Å²) in [7, 11) is -1.61. The number of ether oxygens (including phenoxy) is 1. The lowest BCUT2D eigenvalue weighted by atomic mass is 9.93. The minimum absolute atomic E-state index is 0.0563. The number of aromatic nitrogens is 3. The number of rotatable bonds is 6. The molecule has 0 radical (unpaired) electrons. The average molecular weight is 479 g/mol. The van der Waals surface area contributed by atoms with Gasteiger partial charge >= 0.3 is 0 Å². The molecule has 7 nitrogen and oxygen atoms in total. The summed E-state index contributed by atoms with van der Waals surface area (Å²) in [6.07, 6.45) is 0.818. The molecule has 0 saturated carbocycles. The van der Waals surface area contributed by atoms with E-state index >= 15 is 0 Å². The quantitative estimate of drug-likeness (QED) is 0.385. The van der Waals surface area contributed by atoms with Gasteiger partial charge in [0.25, 0.3) is 14.9 Å². The summed E-state index contributed by atoms with van der Waals surface area (Å²) in [5.41, 5.74) is -0.945. The van der Waals surface area contributed by atoms with Crippen LogP contribution in [0.15, 0.2) is 12.5 Å². The first kappa shape index (κ1) is 16.8. The summed E-state index contributed by atoms with van der Waals surface area (Å²) >= 11 is 8.33. The molecule has 1 aliphatic rings. The van der Waals surface area contributed by atoms with Gasteiger partial charge in [-0.3, -0.25) is 0 Å². The van der Waals surface area contributed by atoms with Crippen molar-refractivity contribution < 1.29 is 19.2 Å². The molecule has 0 amide bonds. The summed E-state index contributed by atoms with van der Waals surface area (Å²) in [6, 6.07) is 0. The van der Waals surface area contributed by atoms with Gasteiger partial charge in [0.1, 0.15) is 34.9 Å². The van der Waals surface area contributed by atoms with Gasteiger partial charge in [-0.05, 0) is 29.5 Å². The van der Waals surface area contributed by atoms with Crippen LogP contribution in [0.3, 0.4) is 0 Å². The largest absolute Gasteiger partial charge is 0.437 e. The number of fused-ring (bicyclic) bond motifs is 1. The van der Waals surface area contributed by atoms with Crippen LogP contribution in [0.4, 0.5) is 0 Å². The number of hydrogen-bond donors (Lipinski definition) is 1. The lowest BCUT2D eigenvalue weighted by molar-refractivity contribution is -0.0916. The zero-order valence-electron chi connectivity index (χ0n) is 16.0. The molecule has 25 heavy (non-hydrogen) atoms. The fraction of sp³-hybridized carbons (Fsp3) is 0.571. The van der Waals surface area contributed by atoms with E-state index in [2.05, 4.69) is 32.6 Å². The monoisotopic (exact) mass is 479 g/mol. The highest BCUT2D eigenvalue weighted by Gasteiger charge is 2.54. The van der Waals surface area contributed by atoms with Crippen LogP contribution >= 0.6 is 34.2 Å². The molecule has 3 heterocycles. The van der Waals surface area contributed by atoms with Crippen molar-refractivity contribution in [2.45, 2.75) is 44.6 Å². The molecule has 1 saturated heterocycles. The number of halogens is 2. The van der Waals surface area contributed by atoms with Gasteiger partial charge in [-0.2, -0.15) is 0 Å². The van der Waals surface area contributed by atoms with Crippen LogP contribution < -0.4 is 0 Å². The standard InChI is InChI=1S/C14H19B2ClIN3O4/c1-14(22)10(25-16-3)8(5-23-15-2)24-13(14)21-4-7(18)9-11(17)19-6-20-12(9)21/h4,6,8,10,13,15-16,22H,5H2,1-3H3/t8-,10-,13?,14-/m1/s1/i15D,16D. The van der Waals surface area contributed by atoms with Gasteiger partial charge in [0, 0.05) is 12.4 Å². The molecule has 0 bridgehead atoms. The Morgan fingerprint density at radius 2 is 2.28 bits per heavy atom. The molecule has 0 spiro atoms. The van der Waals surface area contributed by atoms with Crippen molar-refractivity contribution in [1.82, 2.24) is 14.5 Å². The van der Waals surface area contributed by atoms with Crippen LogP contribution in [0.5, 0.6) is 0 Å². The molecule has 11 heteroatoms. The van der Waals surface area contributed by atoms with Crippen molar-refractivity contribution in [3.63, 3.8) is 0 Å². The van der Waals surface area contributed by atoms with Crippen molar-refractivity contribution in [2.24, 2.45) is 0 Å². The summed E-state index contributed by atoms with van der Waals surface area (Å²) in [4.78, 5) is 8.30. The molecule has 1 fully saturated rings. The Kier molecular flexibility index (Phi) is 5.16. The lowest BCUT2D eigenvalue weighted by Crippen LogP contribution is -2.46. The second-order valence-electron chi connectivity index (χ2n) is 5.86. The van der Waals surface area contributed by atoms with Crippen LogP contribution in [0.25, 0.3) is 11.0 Å². The first-order valence-corrected chi connectivity index (χ1v) is 9.24.